The maximum absolute atomic E-state index is 10.4. The summed E-state index contributed by atoms with van der Waals surface area (Å²) in [6.07, 6.45) is 3.93. The maximum atomic E-state index is 10.4. The summed E-state index contributed by atoms with van der Waals surface area (Å²) in [5, 5.41) is 21.9. The molecule has 1 aliphatic heterocycles. The van der Waals surface area contributed by atoms with Crippen molar-refractivity contribution in [2.24, 2.45) is 0 Å². The minimum atomic E-state index is -0.481. The van der Waals surface area contributed by atoms with Crippen LogP contribution >= 0.6 is 0 Å². The summed E-state index contributed by atoms with van der Waals surface area (Å²) in [6.45, 7) is 2.32. The van der Waals surface area contributed by atoms with Crippen LogP contribution in [0.5, 0.6) is 5.75 Å². The Bertz CT molecular complexity index is 644. The third-order valence-corrected chi connectivity index (χ3v) is 5.02. The Morgan fingerprint density at radius 2 is 1.96 bits per heavy atom. The third-order valence-electron chi connectivity index (χ3n) is 5.02. The maximum Gasteiger partial charge on any atom is 0.137 e. The number of nitrogens with one attached hydrogen (secondary N) is 1. The predicted molar refractivity (Wildman–Crippen MR) is 95.5 cm³/mol. The Kier molecular flexibility index (Phi) is 6.07. The van der Waals surface area contributed by atoms with Crippen LogP contribution in [0.25, 0.3) is 10.8 Å². The molecule has 0 amide bonds. The van der Waals surface area contributed by atoms with Gasteiger partial charge < -0.3 is 19.8 Å². The van der Waals surface area contributed by atoms with E-state index in [-0.39, 0.29) is 6.61 Å². The molecule has 4 heteroatoms. The first kappa shape index (κ1) is 17.2. The molecular formula is C20H28NO3+. The Labute approximate surface area is 143 Å². The normalized spacial score (nSPS) is 22.4. The molecule has 0 bridgehead atoms. The van der Waals surface area contributed by atoms with Crippen LogP contribution in [0.2, 0.25) is 0 Å². The van der Waals surface area contributed by atoms with Crippen LogP contribution in [-0.4, -0.2) is 48.7 Å². The van der Waals surface area contributed by atoms with Crippen molar-refractivity contribution in [3.63, 3.8) is 0 Å². The predicted octanol–water partition coefficient (Wildman–Crippen LogP) is 1.40. The van der Waals surface area contributed by atoms with Gasteiger partial charge in [-0.25, -0.2) is 0 Å². The molecule has 3 rings (SSSR count). The zero-order valence-electron chi connectivity index (χ0n) is 14.2. The standard InChI is InChI=1S/C20H27NO3/c22-12-10-18-7-3-4-11-21(18)14-19(23)15-24-20-9-8-16-5-1-2-6-17(16)13-20/h1-2,5-6,8-9,13,18-19,22-23H,3-4,7,10-12,14-15H2/p+1/t18-,19-/m1/s1. The largest absolute Gasteiger partial charge is 0.491 e. The highest BCUT2D eigenvalue weighted by Gasteiger charge is 2.27. The van der Waals surface area contributed by atoms with Crippen LogP contribution in [0.4, 0.5) is 0 Å². The first-order valence-electron chi connectivity index (χ1n) is 9.01. The van der Waals surface area contributed by atoms with Crippen LogP contribution in [-0.2, 0) is 0 Å². The van der Waals surface area contributed by atoms with Crippen molar-refractivity contribution in [1.82, 2.24) is 0 Å². The quantitative estimate of drug-likeness (QED) is 0.719. The number of quaternary nitrogens is 1. The second-order valence-corrected chi connectivity index (χ2v) is 6.79. The average molecular weight is 330 g/mol. The van der Waals surface area contributed by atoms with Crippen molar-refractivity contribution in [2.75, 3.05) is 26.3 Å². The zero-order chi connectivity index (χ0) is 16.8. The monoisotopic (exact) mass is 330 g/mol. The smallest absolute Gasteiger partial charge is 0.137 e. The molecule has 0 spiro atoms. The lowest BCUT2D eigenvalue weighted by molar-refractivity contribution is -0.933. The van der Waals surface area contributed by atoms with Crippen molar-refractivity contribution in [3.05, 3.63) is 42.5 Å². The summed E-state index contributed by atoms with van der Waals surface area (Å²) in [5.41, 5.74) is 0. The molecule has 0 saturated carbocycles. The minimum Gasteiger partial charge on any atom is -0.491 e. The molecule has 0 radical (unpaired) electrons. The van der Waals surface area contributed by atoms with E-state index in [0.29, 0.717) is 19.2 Å². The Morgan fingerprint density at radius 3 is 2.79 bits per heavy atom. The number of aliphatic hydroxyl groups excluding tert-OH is 2. The van der Waals surface area contributed by atoms with E-state index < -0.39 is 6.10 Å². The van der Waals surface area contributed by atoms with Gasteiger partial charge in [0, 0.05) is 13.0 Å². The van der Waals surface area contributed by atoms with Gasteiger partial charge in [0.15, 0.2) is 0 Å². The van der Waals surface area contributed by atoms with Crippen molar-refractivity contribution in [1.29, 1.82) is 0 Å². The summed E-state index contributed by atoms with van der Waals surface area (Å²) in [5.74, 6) is 0.799. The molecule has 4 nitrogen and oxygen atoms in total. The number of ether oxygens (including phenoxy) is 1. The molecule has 1 fully saturated rings. The highest BCUT2D eigenvalue weighted by atomic mass is 16.5. The van der Waals surface area contributed by atoms with E-state index in [1.807, 2.05) is 30.3 Å². The Balaban J connectivity index is 1.53. The molecule has 1 unspecified atom stereocenters. The number of likely N-dealkylation sites (tertiary alicyclic amines) is 1. The number of hydrogen-bond donors (Lipinski definition) is 3. The summed E-state index contributed by atoms with van der Waals surface area (Å²) in [6, 6.07) is 14.7. The second kappa shape index (κ2) is 8.47. The molecule has 3 N–H and O–H groups in total. The molecule has 2 aromatic carbocycles. The first-order chi connectivity index (χ1) is 11.8. The zero-order valence-corrected chi connectivity index (χ0v) is 14.2. The molecule has 130 valence electrons. The first-order valence-corrected chi connectivity index (χ1v) is 9.01. The van der Waals surface area contributed by atoms with Crippen LogP contribution < -0.4 is 9.64 Å². The van der Waals surface area contributed by atoms with Gasteiger partial charge in [0.2, 0.25) is 0 Å². The van der Waals surface area contributed by atoms with E-state index in [1.54, 1.807) is 0 Å². The number of rotatable bonds is 7. The van der Waals surface area contributed by atoms with Crippen molar-refractivity contribution >= 4 is 10.8 Å². The summed E-state index contributed by atoms with van der Waals surface area (Å²) in [4.78, 5) is 1.41. The topological polar surface area (TPSA) is 54.1 Å². The van der Waals surface area contributed by atoms with E-state index in [2.05, 4.69) is 12.1 Å². The van der Waals surface area contributed by atoms with E-state index in [1.165, 1.54) is 23.1 Å². The average Bonchev–Trinajstić information content (AvgIpc) is 2.62. The van der Waals surface area contributed by atoms with Gasteiger partial charge in [-0.2, -0.15) is 0 Å². The molecule has 1 aliphatic rings. The SMILES string of the molecule is OCC[C@H]1CCCC[NH+]1C[C@@H](O)COc1ccc2ccccc2c1. The van der Waals surface area contributed by atoms with E-state index in [9.17, 15) is 10.2 Å². The van der Waals surface area contributed by atoms with Crippen LogP contribution in [0.15, 0.2) is 42.5 Å². The van der Waals surface area contributed by atoms with Crippen LogP contribution in [0, 0.1) is 0 Å². The Morgan fingerprint density at radius 1 is 1.12 bits per heavy atom. The van der Waals surface area contributed by atoms with Crippen molar-refractivity contribution in [2.45, 2.75) is 37.8 Å². The summed E-state index contributed by atoms with van der Waals surface area (Å²) in [7, 11) is 0. The number of fused-ring (bicyclic) bond motifs is 1. The van der Waals surface area contributed by atoms with Gasteiger partial charge in [0.05, 0.1) is 12.6 Å². The highest BCUT2D eigenvalue weighted by Crippen LogP contribution is 2.20. The van der Waals surface area contributed by atoms with Crippen LogP contribution in [0.3, 0.4) is 0 Å². The molecule has 1 saturated heterocycles. The molecule has 2 aromatic rings. The lowest BCUT2D eigenvalue weighted by Crippen LogP contribution is -3.17. The molecule has 0 aliphatic carbocycles. The number of benzene rings is 2. The molecule has 3 atom stereocenters. The van der Waals surface area contributed by atoms with Gasteiger partial charge >= 0.3 is 0 Å². The second-order valence-electron chi connectivity index (χ2n) is 6.79. The number of aliphatic hydroxyl groups is 2. The summed E-state index contributed by atoms with van der Waals surface area (Å²) < 4.78 is 5.80. The fourth-order valence-electron chi connectivity index (χ4n) is 3.74. The molecule has 1 heterocycles. The lowest BCUT2D eigenvalue weighted by Gasteiger charge is -2.33. The number of hydrogen-bond acceptors (Lipinski definition) is 3. The van der Waals surface area contributed by atoms with Crippen LogP contribution in [0.1, 0.15) is 25.7 Å². The minimum absolute atomic E-state index is 0.234. The molecule has 24 heavy (non-hydrogen) atoms. The fourth-order valence-corrected chi connectivity index (χ4v) is 3.74. The lowest BCUT2D eigenvalue weighted by atomic mass is 9.99. The van der Waals surface area contributed by atoms with Gasteiger partial charge in [-0.3, -0.25) is 0 Å². The molecular weight excluding hydrogens is 302 g/mol. The van der Waals surface area contributed by atoms with Gasteiger partial charge in [-0.1, -0.05) is 30.3 Å². The van der Waals surface area contributed by atoms with E-state index >= 15 is 0 Å². The highest BCUT2D eigenvalue weighted by molar-refractivity contribution is 5.83. The van der Waals surface area contributed by atoms with Crippen molar-refractivity contribution in [3.8, 4) is 5.75 Å². The third kappa shape index (κ3) is 4.47. The van der Waals surface area contributed by atoms with Crippen molar-refractivity contribution < 1.29 is 19.8 Å². The Hall–Kier alpha value is -1.62. The van der Waals surface area contributed by atoms with Gasteiger partial charge in [-0.15, -0.1) is 0 Å². The van der Waals surface area contributed by atoms with E-state index in [0.717, 1.165) is 30.5 Å². The van der Waals surface area contributed by atoms with Gasteiger partial charge in [-0.05, 0) is 42.2 Å². The fraction of sp³-hybridized carbons (Fsp3) is 0.500. The summed E-state index contributed by atoms with van der Waals surface area (Å²) >= 11 is 0. The molecule has 0 aromatic heterocycles. The van der Waals surface area contributed by atoms with E-state index in [4.69, 9.17) is 4.74 Å². The van der Waals surface area contributed by atoms with Gasteiger partial charge in [0.25, 0.3) is 0 Å². The van der Waals surface area contributed by atoms with Gasteiger partial charge in [0.1, 0.15) is 25.0 Å². The number of piperidine rings is 1.